The van der Waals surface area contributed by atoms with Crippen LogP contribution in [0.15, 0.2) is 30.3 Å². The molecule has 0 bridgehead atoms. The second kappa shape index (κ2) is 10.1. The molecular formula is C24H30Cl2N4O3. The predicted molar refractivity (Wildman–Crippen MR) is 131 cm³/mol. The third-order valence-corrected chi connectivity index (χ3v) is 7.27. The zero-order valence-electron chi connectivity index (χ0n) is 19.0. The van der Waals surface area contributed by atoms with Gasteiger partial charge in [0.15, 0.2) is 0 Å². The maximum Gasteiger partial charge on any atom is 0.234 e. The fraction of sp³-hybridized carbons (Fsp3) is 0.500. The lowest BCUT2D eigenvalue weighted by molar-refractivity contribution is -0.131. The molecule has 1 unspecified atom stereocenters. The fourth-order valence-electron chi connectivity index (χ4n) is 4.20. The molecule has 178 valence electrons. The maximum absolute atomic E-state index is 12.2. The minimum Gasteiger partial charge on any atom is -0.478 e. The van der Waals surface area contributed by atoms with Gasteiger partial charge >= 0.3 is 0 Å². The first kappa shape index (κ1) is 24.1. The van der Waals surface area contributed by atoms with Crippen LogP contribution in [0.2, 0.25) is 10.0 Å². The van der Waals surface area contributed by atoms with Crippen molar-refractivity contribution in [2.45, 2.75) is 32.8 Å². The summed E-state index contributed by atoms with van der Waals surface area (Å²) < 4.78 is 5.79. The van der Waals surface area contributed by atoms with E-state index in [4.69, 9.17) is 27.9 Å². The molecule has 7 nitrogen and oxygen atoms in total. The van der Waals surface area contributed by atoms with Gasteiger partial charge in [0, 0.05) is 37.8 Å². The molecule has 1 aromatic heterocycles. The molecule has 1 saturated heterocycles. The normalized spacial score (nSPS) is 20.3. The van der Waals surface area contributed by atoms with E-state index >= 15 is 0 Å². The number of benzene rings is 1. The first-order chi connectivity index (χ1) is 15.8. The number of fused-ring (bicyclic) bond motifs is 1. The number of rotatable bonds is 7. The molecule has 1 aromatic carbocycles. The first-order valence-electron chi connectivity index (χ1n) is 11.3. The number of aromatic nitrogens is 1. The Morgan fingerprint density at radius 1 is 1.15 bits per heavy atom. The van der Waals surface area contributed by atoms with Crippen LogP contribution >= 0.6 is 23.2 Å². The van der Waals surface area contributed by atoms with Crippen LogP contribution < -0.4 is 15.0 Å². The summed E-state index contributed by atoms with van der Waals surface area (Å²) >= 11 is 12.5. The van der Waals surface area contributed by atoms with Crippen LogP contribution in [0.5, 0.6) is 5.88 Å². The molecule has 9 heteroatoms. The summed E-state index contributed by atoms with van der Waals surface area (Å²) in [6.45, 7) is 8.79. The minimum atomic E-state index is -0.891. The van der Waals surface area contributed by atoms with E-state index in [1.54, 1.807) is 26.0 Å². The van der Waals surface area contributed by atoms with Gasteiger partial charge < -0.3 is 20.1 Å². The number of carbonyl (C=O) groups excluding carboxylic acids is 1. The van der Waals surface area contributed by atoms with E-state index in [1.165, 1.54) is 0 Å². The highest BCUT2D eigenvalue weighted by molar-refractivity contribution is 6.43. The summed E-state index contributed by atoms with van der Waals surface area (Å²) in [6, 6.07) is 9.28. The highest BCUT2D eigenvalue weighted by Gasteiger charge is 2.42. The number of unbranched alkanes of at least 4 members (excludes halogenated alkanes) is 1. The fourth-order valence-corrected chi connectivity index (χ4v) is 4.61. The van der Waals surface area contributed by atoms with Crippen molar-refractivity contribution in [3.8, 4) is 5.88 Å². The second-order valence-corrected chi connectivity index (χ2v) is 9.91. The molecule has 1 atom stereocenters. The van der Waals surface area contributed by atoms with E-state index < -0.39 is 11.5 Å². The standard InChI is InChI=1S/C24H30Cl2N4O3/c1-24(2)21(31)16-8-9-19(27-22(16)28-23(24)32)33-15-4-3-10-29-11-13-30(14-12-29)18-7-5-6-17(25)20(18)26/h5-9,21,31H,3-4,10-15H2,1-2H3,(H,27,28,32). The summed E-state index contributed by atoms with van der Waals surface area (Å²) in [5, 5.41) is 14.5. The molecule has 3 heterocycles. The molecule has 0 radical (unpaired) electrons. The second-order valence-electron chi connectivity index (χ2n) is 9.12. The number of amides is 1. The quantitative estimate of drug-likeness (QED) is 0.558. The minimum absolute atomic E-state index is 0.245. The molecule has 0 spiro atoms. The zero-order chi connectivity index (χ0) is 23.6. The van der Waals surface area contributed by atoms with Crippen LogP contribution in [0.4, 0.5) is 11.5 Å². The van der Waals surface area contributed by atoms with Crippen molar-refractivity contribution in [3.05, 3.63) is 45.9 Å². The lowest BCUT2D eigenvalue weighted by Crippen LogP contribution is -2.46. The van der Waals surface area contributed by atoms with E-state index in [9.17, 15) is 9.90 Å². The Morgan fingerprint density at radius 2 is 1.91 bits per heavy atom. The monoisotopic (exact) mass is 492 g/mol. The summed E-state index contributed by atoms with van der Waals surface area (Å²) in [4.78, 5) is 21.3. The third kappa shape index (κ3) is 5.22. The number of pyridine rings is 1. The average molecular weight is 493 g/mol. The van der Waals surface area contributed by atoms with Crippen molar-refractivity contribution in [1.29, 1.82) is 0 Å². The molecule has 33 heavy (non-hydrogen) atoms. The third-order valence-electron chi connectivity index (χ3n) is 6.46. The molecule has 0 aliphatic carbocycles. The molecule has 1 amide bonds. The van der Waals surface area contributed by atoms with Gasteiger partial charge in [0.25, 0.3) is 0 Å². The van der Waals surface area contributed by atoms with Gasteiger partial charge in [-0.25, -0.2) is 0 Å². The molecule has 2 N–H and O–H groups in total. The first-order valence-corrected chi connectivity index (χ1v) is 12.1. The molecule has 4 rings (SSSR count). The van der Waals surface area contributed by atoms with Crippen LogP contribution in [-0.2, 0) is 4.79 Å². The van der Waals surface area contributed by atoms with Crippen LogP contribution in [0.3, 0.4) is 0 Å². The van der Waals surface area contributed by atoms with E-state index in [1.807, 2.05) is 18.2 Å². The molecule has 1 fully saturated rings. The summed E-state index contributed by atoms with van der Waals surface area (Å²) in [5.41, 5.74) is 0.732. The topological polar surface area (TPSA) is 77.9 Å². The Morgan fingerprint density at radius 3 is 2.67 bits per heavy atom. The number of ether oxygens (including phenoxy) is 1. The van der Waals surface area contributed by atoms with Gasteiger partial charge in [-0.3, -0.25) is 9.69 Å². The molecule has 2 aliphatic rings. The number of carbonyl (C=O) groups is 1. The van der Waals surface area contributed by atoms with Gasteiger partial charge in [0.05, 0.1) is 33.9 Å². The van der Waals surface area contributed by atoms with E-state index in [2.05, 4.69) is 20.1 Å². The van der Waals surface area contributed by atoms with Gasteiger partial charge in [0.1, 0.15) is 5.82 Å². The number of aliphatic hydroxyl groups excluding tert-OH is 1. The zero-order valence-corrected chi connectivity index (χ0v) is 20.5. The number of nitrogens with one attached hydrogen (secondary N) is 1. The number of halogens is 2. The highest BCUT2D eigenvalue weighted by Crippen LogP contribution is 2.41. The van der Waals surface area contributed by atoms with E-state index in [-0.39, 0.29) is 5.91 Å². The van der Waals surface area contributed by atoms with Crippen molar-refractivity contribution in [2.75, 3.05) is 49.5 Å². The Balaban J connectivity index is 1.19. The van der Waals surface area contributed by atoms with Crippen LogP contribution in [0.25, 0.3) is 0 Å². The van der Waals surface area contributed by atoms with E-state index in [0.29, 0.717) is 33.9 Å². The Hall–Kier alpha value is -2.06. The lowest BCUT2D eigenvalue weighted by atomic mass is 9.79. The Bertz CT molecular complexity index is 1010. The largest absolute Gasteiger partial charge is 0.478 e. The smallest absolute Gasteiger partial charge is 0.234 e. The van der Waals surface area contributed by atoms with Gasteiger partial charge in [-0.15, -0.1) is 0 Å². The van der Waals surface area contributed by atoms with Crippen molar-refractivity contribution >= 4 is 40.6 Å². The highest BCUT2D eigenvalue weighted by atomic mass is 35.5. The summed E-state index contributed by atoms with van der Waals surface area (Å²) in [6.07, 6.45) is 1.03. The summed E-state index contributed by atoms with van der Waals surface area (Å²) in [5.74, 6) is 0.583. The Kier molecular flexibility index (Phi) is 7.34. The molecule has 2 aliphatic heterocycles. The van der Waals surface area contributed by atoms with Crippen molar-refractivity contribution < 1.29 is 14.6 Å². The maximum atomic E-state index is 12.2. The number of anilines is 2. The van der Waals surface area contributed by atoms with Gasteiger partial charge in [-0.05, 0) is 51.4 Å². The summed E-state index contributed by atoms with van der Waals surface area (Å²) in [7, 11) is 0. The molecule has 2 aromatic rings. The number of piperazine rings is 1. The van der Waals surface area contributed by atoms with Crippen LogP contribution in [-0.4, -0.2) is 60.2 Å². The van der Waals surface area contributed by atoms with Crippen LogP contribution in [0.1, 0.15) is 38.4 Å². The number of nitrogens with zero attached hydrogens (tertiary/aromatic N) is 3. The number of aliphatic hydroxyl groups is 1. The van der Waals surface area contributed by atoms with Gasteiger partial charge in [-0.2, -0.15) is 4.98 Å². The van der Waals surface area contributed by atoms with Gasteiger partial charge in [0.2, 0.25) is 11.8 Å². The van der Waals surface area contributed by atoms with Gasteiger partial charge in [-0.1, -0.05) is 29.3 Å². The van der Waals surface area contributed by atoms with Crippen molar-refractivity contribution in [2.24, 2.45) is 5.41 Å². The predicted octanol–water partition coefficient (Wildman–Crippen LogP) is 4.38. The van der Waals surface area contributed by atoms with E-state index in [0.717, 1.165) is 51.3 Å². The number of hydrogen-bond donors (Lipinski definition) is 2. The molecule has 0 saturated carbocycles. The van der Waals surface area contributed by atoms with Crippen molar-refractivity contribution in [1.82, 2.24) is 9.88 Å². The molecular weight excluding hydrogens is 463 g/mol. The SMILES string of the molecule is CC1(C)C(=O)Nc2nc(OCCCCN3CCN(c4cccc(Cl)c4Cl)CC3)ccc2C1O. The van der Waals surface area contributed by atoms with Crippen molar-refractivity contribution in [3.63, 3.8) is 0 Å². The lowest BCUT2D eigenvalue weighted by Gasteiger charge is -2.36. The number of hydrogen-bond acceptors (Lipinski definition) is 6. The van der Waals surface area contributed by atoms with Crippen LogP contribution in [0, 0.1) is 5.41 Å². The Labute approximate surface area is 204 Å². The average Bonchev–Trinajstić information content (AvgIpc) is 2.80.